The van der Waals surface area contributed by atoms with Crippen LogP contribution in [-0.4, -0.2) is 43.1 Å². The lowest BCUT2D eigenvalue weighted by Gasteiger charge is -2.19. The van der Waals surface area contributed by atoms with Gasteiger partial charge in [-0.25, -0.2) is 4.98 Å². The number of hydrogen-bond acceptors (Lipinski definition) is 5. The number of aryl methyl sites for hydroxylation is 1. The summed E-state index contributed by atoms with van der Waals surface area (Å²) in [5.41, 5.74) is 2.45. The van der Waals surface area contributed by atoms with Gasteiger partial charge in [-0.1, -0.05) is 6.92 Å². The van der Waals surface area contributed by atoms with Crippen LogP contribution in [0.1, 0.15) is 32.7 Å². The van der Waals surface area contributed by atoms with E-state index in [1.54, 1.807) is 20.4 Å². The highest BCUT2D eigenvalue weighted by atomic mass is 32.1. The van der Waals surface area contributed by atoms with Crippen molar-refractivity contribution in [3.8, 4) is 11.5 Å². The van der Waals surface area contributed by atoms with Crippen LogP contribution in [0, 0.1) is 0 Å². The Morgan fingerprint density at radius 2 is 1.75 bits per heavy atom. The number of ether oxygens (including phenoxy) is 2. The Morgan fingerprint density at radius 1 is 1.17 bits per heavy atom. The second-order valence-corrected chi connectivity index (χ2v) is 6.86. The molecule has 6 heteroatoms. The molecule has 2 aromatic rings. The van der Waals surface area contributed by atoms with Crippen molar-refractivity contribution in [1.29, 1.82) is 0 Å². The molecular formula is C18H22N2O3S. The lowest BCUT2D eigenvalue weighted by Crippen LogP contribution is -2.32. The number of fused-ring (bicyclic) bond motifs is 1. The molecule has 0 aliphatic carbocycles. The molecule has 1 aliphatic heterocycles. The Bertz CT molecular complexity index is 707. The first kappa shape index (κ1) is 16.8. The van der Waals surface area contributed by atoms with Crippen molar-refractivity contribution in [1.82, 2.24) is 9.88 Å². The maximum atomic E-state index is 12.7. The number of hydrogen-bond donors (Lipinski definition) is 0. The zero-order valence-electron chi connectivity index (χ0n) is 14.3. The normalized spacial score (nSPS) is 14.0. The van der Waals surface area contributed by atoms with Crippen molar-refractivity contribution in [2.75, 3.05) is 27.3 Å². The topological polar surface area (TPSA) is 51.7 Å². The van der Waals surface area contributed by atoms with E-state index in [0.29, 0.717) is 13.1 Å². The minimum Gasteiger partial charge on any atom is -0.493 e. The van der Waals surface area contributed by atoms with E-state index in [-0.39, 0.29) is 5.91 Å². The van der Waals surface area contributed by atoms with Gasteiger partial charge in [0.15, 0.2) is 11.5 Å². The van der Waals surface area contributed by atoms with Crippen LogP contribution in [0.4, 0.5) is 0 Å². The highest BCUT2D eigenvalue weighted by molar-refractivity contribution is 7.13. The molecule has 1 amide bonds. The summed E-state index contributed by atoms with van der Waals surface area (Å²) in [6.45, 7) is 3.47. The lowest BCUT2D eigenvalue weighted by atomic mass is 10.0. The monoisotopic (exact) mass is 346 g/mol. The maximum Gasteiger partial charge on any atom is 0.265 e. The van der Waals surface area contributed by atoms with Gasteiger partial charge in [0.05, 0.1) is 25.4 Å². The summed E-state index contributed by atoms with van der Waals surface area (Å²) in [5, 5.41) is 1.01. The van der Waals surface area contributed by atoms with Gasteiger partial charge in [0, 0.05) is 13.1 Å². The zero-order valence-corrected chi connectivity index (χ0v) is 15.1. The van der Waals surface area contributed by atoms with Crippen LogP contribution in [-0.2, 0) is 19.3 Å². The third-order valence-electron chi connectivity index (χ3n) is 4.36. The van der Waals surface area contributed by atoms with E-state index >= 15 is 0 Å². The number of rotatable bonds is 4. The van der Waals surface area contributed by atoms with Crippen LogP contribution >= 0.6 is 11.3 Å². The summed E-state index contributed by atoms with van der Waals surface area (Å²) < 4.78 is 10.8. The number of carbonyl (C=O) groups is 1. The Kier molecular flexibility index (Phi) is 5.04. The average molecular weight is 346 g/mol. The summed E-state index contributed by atoms with van der Waals surface area (Å²) in [6.07, 6.45) is 4.21. The average Bonchev–Trinajstić information content (AvgIpc) is 3.00. The van der Waals surface area contributed by atoms with Crippen LogP contribution in [0.25, 0.3) is 0 Å². The van der Waals surface area contributed by atoms with Crippen LogP contribution in [0.3, 0.4) is 0 Å². The van der Waals surface area contributed by atoms with E-state index < -0.39 is 0 Å². The highest BCUT2D eigenvalue weighted by Gasteiger charge is 2.22. The number of amides is 1. The SMILES string of the molecule is CCc1ncc(C(=O)N2CCc3cc(OC)c(OC)cc3CC2)s1. The molecule has 0 spiro atoms. The fourth-order valence-corrected chi connectivity index (χ4v) is 3.81. The largest absolute Gasteiger partial charge is 0.493 e. The van der Waals surface area contributed by atoms with Gasteiger partial charge in [-0.2, -0.15) is 0 Å². The minimum atomic E-state index is 0.0823. The molecule has 0 saturated carbocycles. The van der Waals surface area contributed by atoms with E-state index in [2.05, 4.69) is 11.9 Å². The van der Waals surface area contributed by atoms with Crippen molar-refractivity contribution >= 4 is 17.2 Å². The van der Waals surface area contributed by atoms with Gasteiger partial charge in [-0.15, -0.1) is 11.3 Å². The number of thiazole rings is 1. The van der Waals surface area contributed by atoms with E-state index in [0.717, 1.165) is 40.6 Å². The van der Waals surface area contributed by atoms with Crippen LogP contribution in [0.2, 0.25) is 0 Å². The van der Waals surface area contributed by atoms with Gasteiger partial charge in [-0.3, -0.25) is 4.79 Å². The summed E-state index contributed by atoms with van der Waals surface area (Å²) in [5.74, 6) is 1.57. The molecule has 0 bridgehead atoms. The Morgan fingerprint density at radius 3 is 2.21 bits per heavy atom. The van der Waals surface area contributed by atoms with Gasteiger partial charge in [0.1, 0.15) is 4.88 Å². The first-order valence-electron chi connectivity index (χ1n) is 8.14. The van der Waals surface area contributed by atoms with Crippen molar-refractivity contribution in [2.24, 2.45) is 0 Å². The number of methoxy groups -OCH3 is 2. The maximum absolute atomic E-state index is 12.7. The third kappa shape index (κ3) is 3.24. The van der Waals surface area contributed by atoms with E-state index in [9.17, 15) is 4.79 Å². The smallest absolute Gasteiger partial charge is 0.265 e. The number of carbonyl (C=O) groups excluding carboxylic acids is 1. The molecule has 0 fully saturated rings. The molecule has 128 valence electrons. The Labute approximate surface area is 146 Å². The van der Waals surface area contributed by atoms with Crippen LogP contribution in [0.5, 0.6) is 11.5 Å². The quantitative estimate of drug-likeness (QED) is 0.854. The predicted molar refractivity (Wildman–Crippen MR) is 94.3 cm³/mol. The van der Waals surface area contributed by atoms with E-state index in [4.69, 9.17) is 9.47 Å². The minimum absolute atomic E-state index is 0.0823. The number of aromatic nitrogens is 1. The molecule has 0 N–H and O–H groups in total. The fraction of sp³-hybridized carbons (Fsp3) is 0.444. The molecule has 0 saturated heterocycles. The van der Waals surface area contributed by atoms with Gasteiger partial charge in [0.25, 0.3) is 5.91 Å². The zero-order chi connectivity index (χ0) is 17.1. The first-order chi connectivity index (χ1) is 11.7. The molecule has 5 nitrogen and oxygen atoms in total. The van der Waals surface area contributed by atoms with Crippen LogP contribution in [0.15, 0.2) is 18.3 Å². The fourth-order valence-electron chi connectivity index (χ4n) is 2.98. The molecule has 3 rings (SSSR count). The van der Waals surface area contributed by atoms with Crippen LogP contribution < -0.4 is 9.47 Å². The van der Waals surface area contributed by atoms with Crippen molar-refractivity contribution < 1.29 is 14.3 Å². The second kappa shape index (κ2) is 7.21. The van der Waals surface area contributed by atoms with Gasteiger partial charge in [0.2, 0.25) is 0 Å². The highest BCUT2D eigenvalue weighted by Crippen LogP contribution is 2.32. The van der Waals surface area contributed by atoms with Crippen molar-refractivity contribution in [3.05, 3.63) is 39.3 Å². The lowest BCUT2D eigenvalue weighted by molar-refractivity contribution is 0.0767. The molecular weight excluding hydrogens is 324 g/mol. The second-order valence-electron chi connectivity index (χ2n) is 5.74. The third-order valence-corrected chi connectivity index (χ3v) is 5.49. The van der Waals surface area contributed by atoms with E-state index in [1.807, 2.05) is 17.0 Å². The summed E-state index contributed by atoms with van der Waals surface area (Å²) in [7, 11) is 3.29. The summed E-state index contributed by atoms with van der Waals surface area (Å²) in [6, 6.07) is 4.06. The molecule has 0 radical (unpaired) electrons. The Hall–Kier alpha value is -2.08. The molecule has 24 heavy (non-hydrogen) atoms. The number of nitrogens with zero attached hydrogens (tertiary/aromatic N) is 2. The van der Waals surface area contributed by atoms with E-state index in [1.165, 1.54) is 22.5 Å². The summed E-state index contributed by atoms with van der Waals surface area (Å²) >= 11 is 1.50. The molecule has 0 unspecified atom stereocenters. The first-order valence-corrected chi connectivity index (χ1v) is 8.95. The van der Waals surface area contributed by atoms with Gasteiger partial charge in [-0.05, 0) is 42.5 Å². The molecule has 0 atom stereocenters. The predicted octanol–water partition coefficient (Wildman–Crippen LogP) is 2.96. The van der Waals surface area contributed by atoms with Gasteiger partial charge < -0.3 is 14.4 Å². The number of benzene rings is 1. The standard InChI is InChI=1S/C18H22N2O3S/c1-4-17-19-11-16(24-17)18(21)20-7-5-12-9-14(22-2)15(23-3)10-13(12)6-8-20/h9-11H,4-8H2,1-3H3. The molecule has 1 aromatic carbocycles. The Balaban J connectivity index is 1.78. The summed E-state index contributed by atoms with van der Waals surface area (Å²) in [4.78, 5) is 19.7. The van der Waals surface area contributed by atoms with Crippen molar-refractivity contribution in [3.63, 3.8) is 0 Å². The molecule has 1 aliphatic rings. The van der Waals surface area contributed by atoms with Crippen molar-refractivity contribution in [2.45, 2.75) is 26.2 Å². The molecule has 2 heterocycles. The molecule has 1 aromatic heterocycles. The van der Waals surface area contributed by atoms with Gasteiger partial charge >= 0.3 is 0 Å².